The normalized spacial score (nSPS) is 16.5. The maximum Gasteiger partial charge on any atom is 0.223 e. The van der Waals surface area contributed by atoms with Crippen LogP contribution >= 0.6 is 0 Å². The molecular weight excluding hydrogens is 355 g/mol. The number of carbonyl (C=O) groups excluding carboxylic acids is 1. The Balaban J connectivity index is 1.50. The zero-order valence-corrected chi connectivity index (χ0v) is 16.7. The topological polar surface area (TPSA) is 41.6 Å². The molecule has 0 saturated carbocycles. The van der Waals surface area contributed by atoms with E-state index in [2.05, 4.69) is 17.1 Å². The monoisotopic (exact) mass is 384 g/mol. The lowest BCUT2D eigenvalue weighted by molar-refractivity contribution is -0.127. The van der Waals surface area contributed by atoms with Gasteiger partial charge < -0.3 is 10.1 Å². The average Bonchev–Trinajstić information content (AvgIpc) is 2.74. The quantitative estimate of drug-likeness (QED) is 0.773. The summed E-state index contributed by atoms with van der Waals surface area (Å²) in [4.78, 5) is 15.1. The van der Waals surface area contributed by atoms with E-state index in [4.69, 9.17) is 4.74 Å². The summed E-state index contributed by atoms with van der Waals surface area (Å²) >= 11 is 0. The molecule has 28 heavy (non-hydrogen) atoms. The zero-order valence-electron chi connectivity index (χ0n) is 16.7. The summed E-state index contributed by atoms with van der Waals surface area (Å²) in [7, 11) is 1.65. The van der Waals surface area contributed by atoms with Gasteiger partial charge in [0.15, 0.2) is 0 Å². The summed E-state index contributed by atoms with van der Waals surface area (Å²) in [5, 5.41) is 3.22. The van der Waals surface area contributed by atoms with Gasteiger partial charge in [-0.2, -0.15) is 0 Å². The average molecular weight is 384 g/mol. The van der Waals surface area contributed by atoms with Crippen molar-refractivity contribution < 1.29 is 13.9 Å². The third kappa shape index (κ3) is 5.32. The number of carbonyl (C=O) groups is 1. The molecule has 1 unspecified atom stereocenters. The first-order chi connectivity index (χ1) is 13.6. The van der Waals surface area contributed by atoms with Crippen molar-refractivity contribution in [1.82, 2.24) is 10.2 Å². The van der Waals surface area contributed by atoms with Gasteiger partial charge in [0.1, 0.15) is 11.6 Å². The molecule has 0 spiro atoms. The number of rotatable bonds is 7. The molecule has 4 nitrogen and oxygen atoms in total. The molecule has 1 N–H and O–H groups in total. The summed E-state index contributed by atoms with van der Waals surface area (Å²) in [5.74, 6) is 0.806. The summed E-state index contributed by atoms with van der Waals surface area (Å²) in [6.45, 7) is 4.65. The van der Waals surface area contributed by atoms with Crippen LogP contribution in [-0.4, -0.2) is 31.0 Å². The molecule has 1 saturated heterocycles. The van der Waals surface area contributed by atoms with Crippen LogP contribution in [0.1, 0.15) is 43.4 Å². The lowest BCUT2D eigenvalue weighted by Gasteiger charge is -2.32. The molecular formula is C23H29FN2O2. The van der Waals surface area contributed by atoms with Crippen LogP contribution in [-0.2, 0) is 11.3 Å². The van der Waals surface area contributed by atoms with Crippen LogP contribution in [0.5, 0.6) is 5.75 Å². The number of halogens is 1. The molecule has 0 aromatic heterocycles. The van der Waals surface area contributed by atoms with Crippen molar-refractivity contribution in [2.75, 3.05) is 20.2 Å². The van der Waals surface area contributed by atoms with Crippen molar-refractivity contribution in [1.29, 1.82) is 0 Å². The van der Waals surface area contributed by atoms with Gasteiger partial charge >= 0.3 is 0 Å². The van der Waals surface area contributed by atoms with E-state index >= 15 is 0 Å². The third-order valence-electron chi connectivity index (χ3n) is 5.52. The van der Waals surface area contributed by atoms with E-state index in [1.165, 1.54) is 12.1 Å². The Kier molecular flexibility index (Phi) is 7.04. The highest BCUT2D eigenvalue weighted by molar-refractivity contribution is 5.79. The van der Waals surface area contributed by atoms with Crippen LogP contribution in [0.15, 0.2) is 48.5 Å². The molecule has 150 valence electrons. The fourth-order valence-corrected chi connectivity index (χ4v) is 3.75. The third-order valence-corrected chi connectivity index (χ3v) is 5.52. The SMILES string of the molecule is CCC(NC(=O)C1CCN(Cc2ccc(F)cc2)CC1)c1ccc(OC)cc1. The largest absolute Gasteiger partial charge is 0.497 e. The van der Waals surface area contributed by atoms with Crippen molar-refractivity contribution in [2.24, 2.45) is 5.92 Å². The van der Waals surface area contributed by atoms with E-state index < -0.39 is 0 Å². The smallest absolute Gasteiger partial charge is 0.223 e. The van der Waals surface area contributed by atoms with E-state index in [0.717, 1.165) is 55.8 Å². The number of ether oxygens (including phenoxy) is 1. The minimum Gasteiger partial charge on any atom is -0.497 e. The molecule has 0 radical (unpaired) electrons. The molecule has 1 heterocycles. The number of benzene rings is 2. The second-order valence-corrected chi connectivity index (χ2v) is 7.42. The minimum atomic E-state index is -0.207. The predicted molar refractivity (Wildman–Crippen MR) is 109 cm³/mol. The van der Waals surface area contributed by atoms with Gasteiger partial charge in [0.05, 0.1) is 13.2 Å². The molecule has 0 aliphatic carbocycles. The van der Waals surface area contributed by atoms with Crippen LogP contribution in [0.2, 0.25) is 0 Å². The van der Waals surface area contributed by atoms with E-state index in [1.807, 2.05) is 36.4 Å². The second-order valence-electron chi connectivity index (χ2n) is 7.42. The molecule has 1 atom stereocenters. The standard InChI is InChI=1S/C23H29FN2O2/c1-3-22(18-6-10-21(28-2)11-7-18)25-23(27)19-12-14-26(15-13-19)16-17-4-8-20(24)9-5-17/h4-11,19,22H,3,12-16H2,1-2H3,(H,25,27). The first-order valence-electron chi connectivity index (χ1n) is 10.00. The number of methoxy groups -OCH3 is 1. The van der Waals surface area contributed by atoms with Gasteiger partial charge in [-0.15, -0.1) is 0 Å². The highest BCUT2D eigenvalue weighted by atomic mass is 19.1. The maximum atomic E-state index is 13.0. The van der Waals surface area contributed by atoms with Crippen molar-refractivity contribution in [2.45, 2.75) is 38.8 Å². The number of nitrogens with one attached hydrogen (secondary N) is 1. The van der Waals surface area contributed by atoms with Crippen LogP contribution in [0, 0.1) is 11.7 Å². The summed E-state index contributed by atoms with van der Waals surface area (Å²) < 4.78 is 18.2. The lowest BCUT2D eigenvalue weighted by Crippen LogP contribution is -2.41. The fraction of sp³-hybridized carbons (Fsp3) is 0.435. The highest BCUT2D eigenvalue weighted by Crippen LogP contribution is 2.23. The predicted octanol–water partition coefficient (Wildman–Crippen LogP) is 4.31. The van der Waals surface area contributed by atoms with E-state index in [9.17, 15) is 9.18 Å². The first kappa shape index (κ1) is 20.3. The summed E-state index contributed by atoms with van der Waals surface area (Å²) in [6, 6.07) is 14.6. The van der Waals surface area contributed by atoms with E-state index in [0.29, 0.717) is 0 Å². The molecule has 1 aliphatic rings. The second kappa shape index (κ2) is 9.69. The Bertz CT molecular complexity index is 753. The minimum absolute atomic E-state index is 0.0238. The Hall–Kier alpha value is -2.40. The molecule has 2 aromatic rings. The van der Waals surface area contributed by atoms with E-state index in [1.54, 1.807) is 7.11 Å². The number of hydrogen-bond acceptors (Lipinski definition) is 3. The van der Waals surface area contributed by atoms with Crippen LogP contribution in [0.25, 0.3) is 0 Å². The van der Waals surface area contributed by atoms with Gasteiger partial charge in [0.2, 0.25) is 5.91 Å². The maximum absolute atomic E-state index is 13.0. The van der Waals surface area contributed by atoms with Gasteiger partial charge in [-0.1, -0.05) is 31.2 Å². The van der Waals surface area contributed by atoms with Crippen LogP contribution in [0.3, 0.4) is 0 Å². The Morgan fingerprint density at radius 2 is 1.79 bits per heavy atom. The molecule has 1 aliphatic heterocycles. The highest BCUT2D eigenvalue weighted by Gasteiger charge is 2.26. The Morgan fingerprint density at radius 1 is 1.14 bits per heavy atom. The number of nitrogens with zero attached hydrogens (tertiary/aromatic N) is 1. The Morgan fingerprint density at radius 3 is 2.36 bits per heavy atom. The van der Waals surface area contributed by atoms with Gasteiger partial charge in [-0.25, -0.2) is 4.39 Å². The van der Waals surface area contributed by atoms with Crippen molar-refractivity contribution >= 4 is 5.91 Å². The van der Waals surface area contributed by atoms with Crippen molar-refractivity contribution in [3.8, 4) is 5.75 Å². The number of piperidine rings is 1. The molecule has 0 bridgehead atoms. The number of amides is 1. The van der Waals surface area contributed by atoms with Gasteiger partial charge in [-0.3, -0.25) is 9.69 Å². The first-order valence-corrected chi connectivity index (χ1v) is 10.00. The van der Waals surface area contributed by atoms with Gasteiger partial charge in [0, 0.05) is 12.5 Å². The number of hydrogen-bond donors (Lipinski definition) is 1. The zero-order chi connectivity index (χ0) is 19.9. The number of likely N-dealkylation sites (tertiary alicyclic amines) is 1. The fourth-order valence-electron chi connectivity index (χ4n) is 3.75. The van der Waals surface area contributed by atoms with Crippen molar-refractivity contribution in [3.05, 3.63) is 65.5 Å². The molecule has 3 rings (SSSR count). The molecule has 1 fully saturated rings. The van der Waals surface area contributed by atoms with E-state index in [-0.39, 0.29) is 23.7 Å². The molecule has 2 aromatic carbocycles. The van der Waals surface area contributed by atoms with Crippen molar-refractivity contribution in [3.63, 3.8) is 0 Å². The van der Waals surface area contributed by atoms with Gasteiger partial charge in [-0.05, 0) is 67.7 Å². The van der Waals surface area contributed by atoms with Crippen LogP contribution < -0.4 is 10.1 Å². The molecule has 5 heteroatoms. The summed E-state index contributed by atoms with van der Waals surface area (Å²) in [5.41, 5.74) is 2.21. The Labute approximate surface area is 166 Å². The van der Waals surface area contributed by atoms with Crippen LogP contribution in [0.4, 0.5) is 4.39 Å². The van der Waals surface area contributed by atoms with Gasteiger partial charge in [0.25, 0.3) is 0 Å². The lowest BCUT2D eigenvalue weighted by atomic mass is 9.94. The summed E-state index contributed by atoms with van der Waals surface area (Å²) in [6.07, 6.45) is 2.56. The molecule has 1 amide bonds.